The van der Waals surface area contributed by atoms with Crippen molar-refractivity contribution >= 4 is 22.6 Å². The monoisotopic (exact) mass is 258 g/mol. The maximum atomic E-state index is 11.5. The number of nitrogens with one attached hydrogen (secondary N) is 2. The molecule has 4 N–H and O–H groups in total. The number of hydrogen-bond donors (Lipinski definition) is 3. The van der Waals surface area contributed by atoms with Crippen LogP contribution in [0.4, 0.5) is 9.93 Å². The molecule has 0 aliphatic rings. The van der Waals surface area contributed by atoms with Gasteiger partial charge in [-0.05, 0) is 27.7 Å². The van der Waals surface area contributed by atoms with Crippen molar-refractivity contribution < 1.29 is 9.53 Å². The van der Waals surface area contributed by atoms with Crippen LogP contribution in [0.1, 0.15) is 31.3 Å². The minimum Gasteiger partial charge on any atom is -0.444 e. The molecule has 7 heteroatoms. The third kappa shape index (κ3) is 4.68. The average molecular weight is 258 g/mol. The van der Waals surface area contributed by atoms with Gasteiger partial charge in [-0.2, -0.15) is 0 Å². The number of carbonyl (C=O) groups excluding carboxylic acids is 1. The minimum absolute atomic E-state index is 0.501. The summed E-state index contributed by atoms with van der Waals surface area (Å²) in [5.74, 6) is 5.24. The zero-order valence-electron chi connectivity index (χ0n) is 10.5. The summed E-state index contributed by atoms with van der Waals surface area (Å²) in [6, 6.07) is 0. The number of nitrogens with two attached hydrogens (primary N) is 1. The SMILES string of the molecule is Cc1nc(NC(=O)OC(C)(C)C)sc1CNN. The summed E-state index contributed by atoms with van der Waals surface area (Å²) in [5, 5.41) is 3.11. The molecule has 0 fully saturated rings. The van der Waals surface area contributed by atoms with E-state index in [1.165, 1.54) is 11.3 Å². The summed E-state index contributed by atoms with van der Waals surface area (Å²) in [5.41, 5.74) is 2.89. The summed E-state index contributed by atoms with van der Waals surface area (Å²) in [6.45, 7) is 7.82. The van der Waals surface area contributed by atoms with E-state index in [1.54, 1.807) is 0 Å². The van der Waals surface area contributed by atoms with E-state index in [0.29, 0.717) is 11.7 Å². The van der Waals surface area contributed by atoms with Gasteiger partial charge >= 0.3 is 6.09 Å². The van der Waals surface area contributed by atoms with Crippen molar-refractivity contribution in [2.45, 2.75) is 39.8 Å². The van der Waals surface area contributed by atoms with Gasteiger partial charge in [0.2, 0.25) is 0 Å². The van der Waals surface area contributed by atoms with Gasteiger partial charge in [-0.15, -0.1) is 0 Å². The molecule has 0 bridgehead atoms. The van der Waals surface area contributed by atoms with E-state index < -0.39 is 11.7 Å². The third-order valence-corrected chi connectivity index (χ3v) is 2.84. The van der Waals surface area contributed by atoms with Crippen LogP contribution in [0, 0.1) is 6.92 Å². The van der Waals surface area contributed by atoms with Crippen molar-refractivity contribution in [1.29, 1.82) is 0 Å². The first-order chi connectivity index (χ1) is 7.81. The summed E-state index contributed by atoms with van der Waals surface area (Å²) in [4.78, 5) is 16.7. The summed E-state index contributed by atoms with van der Waals surface area (Å²) < 4.78 is 5.13. The Morgan fingerprint density at radius 1 is 1.53 bits per heavy atom. The molecule has 17 heavy (non-hydrogen) atoms. The van der Waals surface area contributed by atoms with Gasteiger partial charge in [-0.1, -0.05) is 11.3 Å². The fraction of sp³-hybridized carbons (Fsp3) is 0.600. The highest BCUT2D eigenvalue weighted by atomic mass is 32.1. The molecule has 0 unspecified atom stereocenters. The van der Waals surface area contributed by atoms with Gasteiger partial charge in [0.05, 0.1) is 5.69 Å². The number of anilines is 1. The summed E-state index contributed by atoms with van der Waals surface area (Å²) >= 11 is 1.37. The van der Waals surface area contributed by atoms with Crippen LogP contribution in [0.5, 0.6) is 0 Å². The molecule has 0 aliphatic heterocycles. The number of hydrogen-bond acceptors (Lipinski definition) is 6. The lowest BCUT2D eigenvalue weighted by Crippen LogP contribution is -2.27. The number of nitrogens with zero attached hydrogens (tertiary/aromatic N) is 1. The second kappa shape index (κ2) is 5.44. The molecule has 1 heterocycles. The molecule has 0 saturated heterocycles. The lowest BCUT2D eigenvalue weighted by molar-refractivity contribution is 0.0636. The van der Waals surface area contributed by atoms with Crippen LogP contribution in [0.3, 0.4) is 0 Å². The lowest BCUT2D eigenvalue weighted by atomic mass is 10.2. The van der Waals surface area contributed by atoms with Gasteiger partial charge in [0.15, 0.2) is 5.13 Å². The Hall–Kier alpha value is -1.18. The van der Waals surface area contributed by atoms with Crippen LogP contribution in [0.2, 0.25) is 0 Å². The van der Waals surface area contributed by atoms with Crippen LogP contribution < -0.4 is 16.6 Å². The van der Waals surface area contributed by atoms with Crippen LogP contribution >= 0.6 is 11.3 Å². The molecule has 1 aromatic rings. The standard InChI is InChI=1S/C10H18N4O2S/c1-6-7(5-12-11)17-8(13-6)14-9(15)16-10(2,3)4/h12H,5,11H2,1-4H3,(H,13,14,15). The molecule has 1 rings (SSSR count). The van der Waals surface area contributed by atoms with E-state index in [0.717, 1.165) is 10.6 Å². The van der Waals surface area contributed by atoms with Gasteiger partial charge < -0.3 is 4.74 Å². The lowest BCUT2D eigenvalue weighted by Gasteiger charge is -2.18. The number of ether oxygens (including phenoxy) is 1. The zero-order chi connectivity index (χ0) is 13.1. The topological polar surface area (TPSA) is 89.3 Å². The van der Waals surface area contributed by atoms with Crippen LogP contribution in [0.15, 0.2) is 0 Å². The molecular weight excluding hydrogens is 240 g/mol. The van der Waals surface area contributed by atoms with E-state index in [-0.39, 0.29) is 0 Å². The van der Waals surface area contributed by atoms with Crippen molar-refractivity contribution in [3.63, 3.8) is 0 Å². The molecule has 0 aromatic carbocycles. The number of aryl methyl sites for hydroxylation is 1. The van der Waals surface area contributed by atoms with Gasteiger partial charge in [0.1, 0.15) is 5.60 Å². The van der Waals surface area contributed by atoms with Gasteiger partial charge in [-0.25, -0.2) is 9.78 Å². The van der Waals surface area contributed by atoms with Crippen LogP contribution in [-0.4, -0.2) is 16.7 Å². The minimum atomic E-state index is -0.516. The molecular formula is C10H18N4O2S. The normalized spacial score (nSPS) is 11.4. The fourth-order valence-corrected chi connectivity index (χ4v) is 2.03. The van der Waals surface area contributed by atoms with E-state index in [1.807, 2.05) is 27.7 Å². The highest BCUT2D eigenvalue weighted by molar-refractivity contribution is 7.15. The van der Waals surface area contributed by atoms with Crippen molar-refractivity contribution in [3.8, 4) is 0 Å². The fourth-order valence-electron chi connectivity index (χ4n) is 1.13. The van der Waals surface area contributed by atoms with E-state index in [9.17, 15) is 4.79 Å². The quantitative estimate of drug-likeness (QED) is 0.568. The zero-order valence-corrected chi connectivity index (χ0v) is 11.3. The molecule has 0 spiro atoms. The number of rotatable bonds is 3. The molecule has 0 aliphatic carbocycles. The Labute approximate surface area is 105 Å². The number of amides is 1. The predicted octanol–water partition coefficient (Wildman–Crippen LogP) is 1.76. The molecule has 6 nitrogen and oxygen atoms in total. The molecule has 0 radical (unpaired) electrons. The summed E-state index contributed by atoms with van der Waals surface area (Å²) in [6.07, 6.45) is -0.501. The van der Waals surface area contributed by atoms with E-state index >= 15 is 0 Å². The number of carbonyl (C=O) groups is 1. The molecule has 1 aromatic heterocycles. The third-order valence-electron chi connectivity index (χ3n) is 1.76. The first-order valence-corrected chi connectivity index (χ1v) is 6.03. The van der Waals surface area contributed by atoms with Crippen LogP contribution in [0.25, 0.3) is 0 Å². The first kappa shape index (κ1) is 13.9. The van der Waals surface area contributed by atoms with Gasteiger partial charge in [0.25, 0.3) is 0 Å². The maximum Gasteiger partial charge on any atom is 0.413 e. The second-order valence-corrected chi connectivity index (χ2v) is 5.62. The Kier molecular flexibility index (Phi) is 4.44. The number of aromatic nitrogens is 1. The second-order valence-electron chi connectivity index (χ2n) is 4.54. The number of thiazole rings is 1. The van der Waals surface area contributed by atoms with Crippen LogP contribution in [-0.2, 0) is 11.3 Å². The van der Waals surface area contributed by atoms with Crippen molar-refractivity contribution in [1.82, 2.24) is 10.4 Å². The van der Waals surface area contributed by atoms with E-state index in [2.05, 4.69) is 15.7 Å². The highest BCUT2D eigenvalue weighted by Gasteiger charge is 2.17. The Balaban J connectivity index is 2.63. The smallest absolute Gasteiger partial charge is 0.413 e. The molecule has 1 amide bonds. The van der Waals surface area contributed by atoms with Crippen molar-refractivity contribution in [2.24, 2.45) is 5.84 Å². The molecule has 96 valence electrons. The van der Waals surface area contributed by atoms with E-state index in [4.69, 9.17) is 10.6 Å². The average Bonchev–Trinajstić information content (AvgIpc) is 2.43. The Morgan fingerprint density at radius 2 is 2.18 bits per heavy atom. The Morgan fingerprint density at radius 3 is 2.71 bits per heavy atom. The Bertz CT molecular complexity index is 398. The molecule has 0 atom stereocenters. The first-order valence-electron chi connectivity index (χ1n) is 5.21. The molecule has 0 saturated carbocycles. The van der Waals surface area contributed by atoms with Crippen molar-refractivity contribution in [3.05, 3.63) is 10.6 Å². The number of hydrazine groups is 1. The maximum absolute atomic E-state index is 11.5. The van der Waals surface area contributed by atoms with Gasteiger partial charge in [0, 0.05) is 11.4 Å². The van der Waals surface area contributed by atoms with Gasteiger partial charge in [-0.3, -0.25) is 16.6 Å². The largest absolute Gasteiger partial charge is 0.444 e. The predicted molar refractivity (Wildman–Crippen MR) is 67.7 cm³/mol. The van der Waals surface area contributed by atoms with Crippen molar-refractivity contribution in [2.75, 3.05) is 5.32 Å². The highest BCUT2D eigenvalue weighted by Crippen LogP contribution is 2.22. The summed E-state index contributed by atoms with van der Waals surface area (Å²) in [7, 11) is 0.